The average Bonchev–Trinajstić information content (AvgIpc) is 2.56. The van der Waals surface area contributed by atoms with Crippen molar-refractivity contribution >= 4 is 38.6 Å². The third-order valence-corrected chi connectivity index (χ3v) is 4.01. The molecule has 1 heterocycles. The summed E-state index contributed by atoms with van der Waals surface area (Å²) in [6.45, 7) is 0. The number of carbonyl (C=O) groups excluding carboxylic acids is 1. The number of halogens is 1. The van der Waals surface area contributed by atoms with Gasteiger partial charge in [-0.3, -0.25) is 14.4 Å². The fourth-order valence-corrected chi connectivity index (χ4v) is 2.74. The minimum Gasteiger partial charge on any atom is -0.496 e. The van der Waals surface area contributed by atoms with E-state index >= 15 is 0 Å². The third kappa shape index (κ3) is 3.09. The Hall–Kier alpha value is -2.87. The lowest BCUT2D eigenvalue weighted by molar-refractivity contribution is 0.102. The Morgan fingerprint density at radius 1 is 1.04 bits per heavy atom. The quantitative estimate of drug-likeness (QED) is 0.597. The van der Waals surface area contributed by atoms with Gasteiger partial charge in [-0.2, -0.15) is 0 Å². The van der Waals surface area contributed by atoms with Gasteiger partial charge >= 0.3 is 11.1 Å². The first-order valence-electron chi connectivity index (χ1n) is 6.89. The van der Waals surface area contributed by atoms with Crippen LogP contribution in [0, 0.1) is 0 Å². The van der Waals surface area contributed by atoms with Gasteiger partial charge in [-0.1, -0.05) is 0 Å². The number of amides is 1. The molecule has 0 saturated heterocycles. The number of hydrogen-bond donors (Lipinski definition) is 3. The Morgan fingerprint density at radius 2 is 1.75 bits per heavy atom. The molecular formula is C16H12BrN3O4. The van der Waals surface area contributed by atoms with Crippen molar-refractivity contribution in [3.05, 3.63) is 67.1 Å². The van der Waals surface area contributed by atoms with Crippen molar-refractivity contribution < 1.29 is 9.53 Å². The summed E-state index contributed by atoms with van der Waals surface area (Å²) in [5, 5.41) is 2.73. The highest BCUT2D eigenvalue weighted by atomic mass is 79.9. The molecule has 0 unspecified atom stereocenters. The highest BCUT2D eigenvalue weighted by molar-refractivity contribution is 9.10. The van der Waals surface area contributed by atoms with Gasteiger partial charge in [0, 0.05) is 11.3 Å². The summed E-state index contributed by atoms with van der Waals surface area (Å²) in [5.41, 5.74) is 0.366. The van der Waals surface area contributed by atoms with Crippen molar-refractivity contribution in [2.45, 2.75) is 0 Å². The van der Waals surface area contributed by atoms with Crippen molar-refractivity contribution in [1.29, 1.82) is 0 Å². The van der Waals surface area contributed by atoms with E-state index in [0.29, 0.717) is 32.5 Å². The molecule has 8 heteroatoms. The number of benzene rings is 2. The number of hydrogen-bond acceptors (Lipinski definition) is 4. The number of aromatic amines is 2. The first kappa shape index (κ1) is 16.0. The van der Waals surface area contributed by atoms with Gasteiger partial charge in [-0.15, -0.1) is 0 Å². The third-order valence-electron chi connectivity index (χ3n) is 3.39. The number of aromatic nitrogens is 2. The van der Waals surface area contributed by atoms with Gasteiger partial charge in [0.25, 0.3) is 5.91 Å². The van der Waals surface area contributed by atoms with Crippen LogP contribution in [0.3, 0.4) is 0 Å². The SMILES string of the molecule is COc1ccc(C(=O)Nc2ccc3[nH]c(=O)c(=O)[nH]c3c2)cc1Br. The summed E-state index contributed by atoms with van der Waals surface area (Å²) in [6, 6.07) is 9.78. The van der Waals surface area contributed by atoms with Crippen LogP contribution in [0.4, 0.5) is 5.69 Å². The van der Waals surface area contributed by atoms with Crippen LogP contribution in [-0.4, -0.2) is 23.0 Å². The molecular weight excluding hydrogens is 378 g/mol. The van der Waals surface area contributed by atoms with Crippen molar-refractivity contribution in [2.24, 2.45) is 0 Å². The van der Waals surface area contributed by atoms with E-state index in [-0.39, 0.29) is 5.91 Å². The Bertz CT molecular complexity index is 1060. The number of ether oxygens (including phenoxy) is 1. The minimum atomic E-state index is -0.745. The van der Waals surface area contributed by atoms with Crippen LogP contribution in [0.2, 0.25) is 0 Å². The Morgan fingerprint density at radius 3 is 2.42 bits per heavy atom. The van der Waals surface area contributed by atoms with E-state index in [4.69, 9.17) is 4.74 Å². The van der Waals surface area contributed by atoms with Crippen molar-refractivity contribution in [2.75, 3.05) is 12.4 Å². The Labute approximate surface area is 143 Å². The highest BCUT2D eigenvalue weighted by Crippen LogP contribution is 2.26. The molecule has 0 aliphatic heterocycles. The summed E-state index contributed by atoms with van der Waals surface area (Å²) in [4.78, 5) is 39.9. The second-order valence-electron chi connectivity index (χ2n) is 4.97. The second kappa shape index (κ2) is 6.32. The lowest BCUT2D eigenvalue weighted by atomic mass is 10.2. The normalized spacial score (nSPS) is 10.6. The van der Waals surface area contributed by atoms with Gasteiger partial charge in [-0.05, 0) is 52.3 Å². The predicted molar refractivity (Wildman–Crippen MR) is 93.8 cm³/mol. The molecule has 3 aromatic rings. The van der Waals surface area contributed by atoms with Gasteiger partial charge in [0.05, 0.1) is 22.6 Å². The average molecular weight is 390 g/mol. The molecule has 0 aliphatic rings. The van der Waals surface area contributed by atoms with E-state index < -0.39 is 11.1 Å². The minimum absolute atomic E-state index is 0.315. The number of anilines is 1. The zero-order valence-electron chi connectivity index (χ0n) is 12.5. The number of rotatable bonds is 3. The number of nitrogens with one attached hydrogen (secondary N) is 3. The van der Waals surface area contributed by atoms with Crippen molar-refractivity contribution in [1.82, 2.24) is 9.97 Å². The zero-order valence-corrected chi connectivity index (χ0v) is 14.1. The maximum absolute atomic E-state index is 12.3. The largest absolute Gasteiger partial charge is 0.496 e. The molecule has 0 atom stereocenters. The maximum Gasteiger partial charge on any atom is 0.314 e. The van der Waals surface area contributed by atoms with Crippen LogP contribution in [0.1, 0.15) is 10.4 Å². The molecule has 122 valence electrons. The van der Waals surface area contributed by atoms with E-state index in [1.807, 2.05) is 0 Å². The molecule has 1 amide bonds. The van der Waals surface area contributed by atoms with Crippen molar-refractivity contribution in [3.63, 3.8) is 0 Å². The number of fused-ring (bicyclic) bond motifs is 1. The molecule has 0 fully saturated rings. The van der Waals surface area contributed by atoms with Crippen LogP contribution in [-0.2, 0) is 0 Å². The van der Waals surface area contributed by atoms with Crippen LogP contribution in [0.15, 0.2) is 50.5 Å². The molecule has 0 spiro atoms. The molecule has 3 rings (SSSR count). The fraction of sp³-hybridized carbons (Fsp3) is 0.0625. The number of methoxy groups -OCH3 is 1. The van der Waals surface area contributed by atoms with Gasteiger partial charge in [0.1, 0.15) is 5.75 Å². The number of H-pyrrole nitrogens is 2. The van der Waals surface area contributed by atoms with Gasteiger partial charge in [0.15, 0.2) is 0 Å². The van der Waals surface area contributed by atoms with E-state index in [1.54, 1.807) is 43.5 Å². The molecule has 7 nitrogen and oxygen atoms in total. The molecule has 1 aromatic heterocycles. The van der Waals surface area contributed by atoms with Gasteiger partial charge in [0.2, 0.25) is 0 Å². The Kier molecular flexibility index (Phi) is 4.22. The van der Waals surface area contributed by atoms with E-state index in [0.717, 1.165) is 0 Å². The summed E-state index contributed by atoms with van der Waals surface area (Å²) in [7, 11) is 1.54. The van der Waals surface area contributed by atoms with Crippen molar-refractivity contribution in [3.8, 4) is 5.75 Å². The molecule has 24 heavy (non-hydrogen) atoms. The first-order valence-corrected chi connectivity index (χ1v) is 7.68. The predicted octanol–water partition coefficient (Wildman–Crippen LogP) is 2.24. The van der Waals surface area contributed by atoms with Crippen LogP contribution in [0.5, 0.6) is 5.75 Å². The zero-order chi connectivity index (χ0) is 17.3. The second-order valence-corrected chi connectivity index (χ2v) is 5.83. The van der Waals surface area contributed by atoms with Crippen LogP contribution < -0.4 is 21.2 Å². The summed E-state index contributed by atoms with van der Waals surface area (Å²) >= 11 is 3.33. The summed E-state index contributed by atoms with van der Waals surface area (Å²) in [6.07, 6.45) is 0. The van der Waals surface area contributed by atoms with E-state index in [9.17, 15) is 14.4 Å². The topological polar surface area (TPSA) is 104 Å². The molecule has 2 aromatic carbocycles. The molecule has 3 N–H and O–H groups in total. The van der Waals surface area contributed by atoms with Gasteiger partial charge in [-0.25, -0.2) is 0 Å². The number of carbonyl (C=O) groups is 1. The standard InChI is InChI=1S/C16H12BrN3O4/c1-24-13-5-2-8(6-10(13)17)14(21)18-9-3-4-11-12(7-9)20-16(23)15(22)19-11/h2-7H,1H3,(H,18,21)(H,19,22)(H,20,23). The maximum atomic E-state index is 12.3. The van der Waals surface area contributed by atoms with Crippen LogP contribution in [0.25, 0.3) is 11.0 Å². The molecule has 0 bridgehead atoms. The molecule has 0 aliphatic carbocycles. The Balaban J connectivity index is 1.90. The van der Waals surface area contributed by atoms with Crippen LogP contribution >= 0.6 is 15.9 Å². The summed E-state index contributed by atoms with van der Waals surface area (Å²) in [5.74, 6) is 0.309. The first-order chi connectivity index (χ1) is 11.5. The monoisotopic (exact) mass is 389 g/mol. The molecule has 0 radical (unpaired) electrons. The lowest BCUT2D eigenvalue weighted by Gasteiger charge is -2.08. The molecule has 0 saturated carbocycles. The lowest BCUT2D eigenvalue weighted by Crippen LogP contribution is -2.28. The van der Waals surface area contributed by atoms with E-state index in [1.165, 1.54) is 0 Å². The fourth-order valence-electron chi connectivity index (χ4n) is 2.20. The van der Waals surface area contributed by atoms with Gasteiger partial charge < -0.3 is 20.0 Å². The van der Waals surface area contributed by atoms with E-state index in [2.05, 4.69) is 31.2 Å². The smallest absolute Gasteiger partial charge is 0.314 e. The summed E-state index contributed by atoms with van der Waals surface area (Å²) < 4.78 is 5.79. The highest BCUT2D eigenvalue weighted by Gasteiger charge is 2.10.